The van der Waals surface area contributed by atoms with E-state index in [2.05, 4.69) is 59.2 Å². The zero-order valence-electron chi connectivity index (χ0n) is 18.4. The summed E-state index contributed by atoms with van der Waals surface area (Å²) in [5, 5.41) is 18.9. The van der Waals surface area contributed by atoms with Crippen LogP contribution in [0.1, 0.15) is 49.4 Å². The fourth-order valence-electron chi connectivity index (χ4n) is 3.60. The van der Waals surface area contributed by atoms with Gasteiger partial charge in [0.25, 0.3) is 10.0 Å². The molecule has 3 N–H and O–H groups in total. The first-order chi connectivity index (χ1) is 15.1. The SMILES string of the molecule is Cc1ccc([C@H](Nc2nsnc2Nc2csc(S(=O)(=O)N3CCCC3)c2O)C(C)(C)C)s1. The zero-order chi connectivity index (χ0) is 23.1. The number of aryl methyl sites for hydroxylation is 1. The molecule has 12 heteroatoms. The number of nitrogens with zero attached hydrogens (tertiary/aromatic N) is 3. The summed E-state index contributed by atoms with van der Waals surface area (Å²) in [6, 6.07) is 4.23. The zero-order valence-corrected chi connectivity index (χ0v) is 21.6. The van der Waals surface area contributed by atoms with Gasteiger partial charge in [0.2, 0.25) is 0 Å². The summed E-state index contributed by atoms with van der Waals surface area (Å²) in [4.78, 5) is 2.44. The Morgan fingerprint density at radius 3 is 2.47 bits per heavy atom. The van der Waals surface area contributed by atoms with Gasteiger partial charge in [-0.3, -0.25) is 0 Å². The molecule has 4 heterocycles. The van der Waals surface area contributed by atoms with Crippen LogP contribution in [-0.2, 0) is 10.0 Å². The quantitative estimate of drug-likeness (QED) is 0.388. The Morgan fingerprint density at radius 2 is 1.84 bits per heavy atom. The smallest absolute Gasteiger partial charge is 0.256 e. The summed E-state index contributed by atoms with van der Waals surface area (Å²) in [6.45, 7) is 9.54. The highest BCUT2D eigenvalue weighted by molar-refractivity contribution is 7.91. The molecule has 1 aliphatic rings. The average molecular weight is 514 g/mol. The molecule has 1 saturated heterocycles. The lowest BCUT2D eigenvalue weighted by Gasteiger charge is -2.31. The van der Waals surface area contributed by atoms with Crippen molar-refractivity contribution >= 4 is 61.7 Å². The number of nitrogens with one attached hydrogen (secondary N) is 2. The number of hydrogen-bond acceptors (Lipinski definition) is 10. The standard InChI is InChI=1S/C20H27N5O3S4/c1-12-7-8-14(30-12)16(20(2,3)4)22-18-17(23-31-24-18)21-13-11-29-19(15(13)26)32(27,28)25-9-5-6-10-25/h7-8,11,16,26H,5-6,9-10H2,1-4H3,(H,21,23)(H,22,24)/t16-/m0/s1. The molecule has 32 heavy (non-hydrogen) atoms. The number of aromatic nitrogens is 2. The molecule has 174 valence electrons. The molecule has 0 radical (unpaired) electrons. The van der Waals surface area contributed by atoms with Gasteiger partial charge < -0.3 is 15.7 Å². The summed E-state index contributed by atoms with van der Waals surface area (Å²) in [5.74, 6) is 0.744. The molecule has 0 bridgehead atoms. The number of thiophene rings is 2. The number of anilines is 3. The summed E-state index contributed by atoms with van der Waals surface area (Å²) < 4.78 is 35.8. The first kappa shape index (κ1) is 23.4. The number of aromatic hydroxyl groups is 1. The summed E-state index contributed by atoms with van der Waals surface area (Å²) in [5.41, 5.74) is 0.224. The minimum Gasteiger partial charge on any atom is -0.504 e. The van der Waals surface area contributed by atoms with Crippen molar-refractivity contribution in [1.29, 1.82) is 0 Å². The van der Waals surface area contributed by atoms with Crippen LogP contribution in [0.5, 0.6) is 5.75 Å². The number of rotatable bonds is 7. The van der Waals surface area contributed by atoms with Crippen LogP contribution in [0.2, 0.25) is 0 Å². The highest BCUT2D eigenvalue weighted by atomic mass is 32.2. The lowest BCUT2D eigenvalue weighted by Crippen LogP contribution is -2.27. The highest BCUT2D eigenvalue weighted by Gasteiger charge is 2.33. The molecule has 0 aliphatic carbocycles. The molecule has 0 unspecified atom stereocenters. The molecule has 0 spiro atoms. The van der Waals surface area contributed by atoms with Gasteiger partial charge in [-0.15, -0.1) is 22.7 Å². The third kappa shape index (κ3) is 4.65. The number of hydrogen-bond donors (Lipinski definition) is 3. The van der Waals surface area contributed by atoms with Gasteiger partial charge in [0.15, 0.2) is 21.6 Å². The van der Waals surface area contributed by atoms with E-state index in [0.717, 1.165) is 35.9 Å². The number of sulfonamides is 1. The molecule has 0 amide bonds. The molecule has 0 saturated carbocycles. The lowest BCUT2D eigenvalue weighted by molar-refractivity contribution is 0.351. The minimum atomic E-state index is -3.70. The predicted octanol–water partition coefficient (Wildman–Crippen LogP) is 5.40. The second kappa shape index (κ2) is 8.90. The van der Waals surface area contributed by atoms with Crippen molar-refractivity contribution < 1.29 is 13.5 Å². The molecule has 8 nitrogen and oxygen atoms in total. The molecule has 0 aromatic carbocycles. The van der Waals surface area contributed by atoms with E-state index in [1.165, 1.54) is 14.1 Å². The van der Waals surface area contributed by atoms with Gasteiger partial charge in [0.05, 0.1) is 23.5 Å². The molecule has 1 fully saturated rings. The molecular formula is C20H27N5O3S4. The van der Waals surface area contributed by atoms with Crippen molar-refractivity contribution in [2.45, 2.75) is 50.8 Å². The van der Waals surface area contributed by atoms with Crippen molar-refractivity contribution in [3.8, 4) is 5.75 Å². The van der Waals surface area contributed by atoms with Gasteiger partial charge in [-0.2, -0.15) is 13.1 Å². The van der Waals surface area contributed by atoms with Crippen molar-refractivity contribution in [2.75, 3.05) is 23.7 Å². The summed E-state index contributed by atoms with van der Waals surface area (Å²) in [6.07, 6.45) is 1.68. The van der Waals surface area contributed by atoms with Crippen LogP contribution in [-0.4, -0.2) is 39.7 Å². The Hall–Kier alpha value is -1.73. The Labute approximate surface area is 200 Å². The average Bonchev–Trinajstić information content (AvgIpc) is 3.49. The second-order valence-corrected chi connectivity index (χ2v) is 13.7. The molecule has 3 aromatic rings. The normalized spacial score (nSPS) is 16.4. The monoisotopic (exact) mass is 513 g/mol. The fraction of sp³-hybridized carbons (Fsp3) is 0.500. The van der Waals surface area contributed by atoms with E-state index in [1.54, 1.807) is 16.7 Å². The van der Waals surface area contributed by atoms with E-state index < -0.39 is 10.0 Å². The van der Waals surface area contributed by atoms with Gasteiger partial charge >= 0.3 is 0 Å². The van der Waals surface area contributed by atoms with E-state index in [1.807, 2.05) is 0 Å². The second-order valence-electron chi connectivity index (χ2n) is 8.87. The van der Waals surface area contributed by atoms with Gasteiger partial charge in [0.1, 0.15) is 0 Å². The third-order valence-electron chi connectivity index (χ3n) is 5.31. The maximum Gasteiger partial charge on any atom is 0.256 e. The molecular weight excluding hydrogens is 487 g/mol. The van der Waals surface area contributed by atoms with E-state index in [-0.39, 0.29) is 21.4 Å². The van der Waals surface area contributed by atoms with E-state index in [4.69, 9.17) is 0 Å². The summed E-state index contributed by atoms with van der Waals surface area (Å²) in [7, 11) is -3.70. The van der Waals surface area contributed by atoms with E-state index >= 15 is 0 Å². The first-order valence-corrected chi connectivity index (χ1v) is 14.2. The van der Waals surface area contributed by atoms with E-state index in [9.17, 15) is 13.5 Å². The largest absolute Gasteiger partial charge is 0.504 e. The Morgan fingerprint density at radius 1 is 1.16 bits per heavy atom. The van der Waals surface area contributed by atoms with Crippen LogP contribution < -0.4 is 10.6 Å². The van der Waals surface area contributed by atoms with Gasteiger partial charge in [-0.1, -0.05) is 20.8 Å². The third-order valence-corrected chi connectivity index (χ3v) is 10.3. The minimum absolute atomic E-state index is 0.00725. The van der Waals surface area contributed by atoms with E-state index in [0.29, 0.717) is 30.4 Å². The molecule has 1 aliphatic heterocycles. The Kier molecular flexibility index (Phi) is 6.52. The molecule has 1 atom stereocenters. The summed E-state index contributed by atoms with van der Waals surface area (Å²) >= 11 is 3.80. The van der Waals surface area contributed by atoms with Gasteiger partial charge in [0, 0.05) is 28.2 Å². The maximum atomic E-state index is 12.9. The highest BCUT2D eigenvalue weighted by Crippen LogP contribution is 2.43. The first-order valence-electron chi connectivity index (χ1n) is 10.3. The Balaban J connectivity index is 1.58. The van der Waals surface area contributed by atoms with Crippen LogP contribution in [0.25, 0.3) is 0 Å². The Bertz CT molecular complexity index is 1190. The predicted molar refractivity (Wildman–Crippen MR) is 132 cm³/mol. The molecule has 4 rings (SSSR count). The van der Waals surface area contributed by atoms with Crippen LogP contribution in [0.15, 0.2) is 21.7 Å². The topological polar surface area (TPSA) is 107 Å². The van der Waals surface area contributed by atoms with Crippen molar-refractivity contribution in [1.82, 2.24) is 13.1 Å². The molecule has 3 aromatic heterocycles. The van der Waals surface area contributed by atoms with Crippen molar-refractivity contribution in [2.24, 2.45) is 5.41 Å². The lowest BCUT2D eigenvalue weighted by atomic mass is 9.86. The van der Waals surface area contributed by atoms with Crippen molar-refractivity contribution in [3.63, 3.8) is 0 Å². The van der Waals surface area contributed by atoms with Gasteiger partial charge in [-0.25, -0.2) is 8.42 Å². The van der Waals surface area contributed by atoms with Crippen LogP contribution in [0.4, 0.5) is 17.3 Å². The van der Waals surface area contributed by atoms with Crippen LogP contribution in [0.3, 0.4) is 0 Å². The maximum absolute atomic E-state index is 12.9. The van der Waals surface area contributed by atoms with Crippen LogP contribution in [0, 0.1) is 12.3 Å². The van der Waals surface area contributed by atoms with Gasteiger partial charge in [-0.05, 0) is 37.3 Å². The fourth-order valence-corrected chi connectivity index (χ4v) is 8.15. The van der Waals surface area contributed by atoms with Crippen LogP contribution >= 0.6 is 34.4 Å². The van der Waals surface area contributed by atoms with Crippen molar-refractivity contribution in [3.05, 3.63) is 27.3 Å².